The van der Waals surface area contributed by atoms with Crippen LogP contribution in [0, 0.1) is 0 Å². The molecule has 194 valence electrons. The van der Waals surface area contributed by atoms with Crippen molar-refractivity contribution >= 4 is 23.9 Å². The molecule has 0 unspecified atom stereocenters. The van der Waals surface area contributed by atoms with Crippen molar-refractivity contribution in [3.63, 3.8) is 0 Å². The Bertz CT molecular complexity index is 1360. The van der Waals surface area contributed by atoms with Crippen LogP contribution in [0.4, 0.5) is 0 Å². The minimum absolute atomic E-state index is 0.107. The fourth-order valence-corrected chi connectivity index (χ4v) is 5.11. The van der Waals surface area contributed by atoms with Crippen molar-refractivity contribution in [1.29, 1.82) is 0 Å². The summed E-state index contributed by atoms with van der Waals surface area (Å²) in [6, 6.07) is 22.0. The first kappa shape index (κ1) is 25.6. The van der Waals surface area contributed by atoms with Crippen molar-refractivity contribution in [2.75, 3.05) is 0 Å². The summed E-state index contributed by atoms with van der Waals surface area (Å²) in [6.45, 7) is 0. The second-order valence-electron chi connectivity index (χ2n) is 9.85. The Kier molecular flexibility index (Phi) is 7.54. The Morgan fingerprint density at radius 1 is 0.974 bits per heavy atom. The quantitative estimate of drug-likeness (QED) is 0.188. The van der Waals surface area contributed by atoms with Gasteiger partial charge in [-0.25, -0.2) is 0 Å². The first-order valence-electron chi connectivity index (χ1n) is 12.9. The molecule has 6 nitrogen and oxygen atoms in total. The van der Waals surface area contributed by atoms with Gasteiger partial charge in [-0.2, -0.15) is 0 Å². The second kappa shape index (κ2) is 11.2. The number of fused-ring (bicyclic) bond motifs is 4. The Labute approximate surface area is 221 Å². The van der Waals surface area contributed by atoms with Crippen molar-refractivity contribution < 1.29 is 29.3 Å². The number of hydrogen-bond acceptors (Lipinski definition) is 6. The summed E-state index contributed by atoms with van der Waals surface area (Å²) >= 11 is 0. The van der Waals surface area contributed by atoms with E-state index in [1.54, 1.807) is 18.2 Å². The Morgan fingerprint density at radius 3 is 2.37 bits per heavy atom. The number of aliphatic hydroxyl groups is 1. The zero-order chi connectivity index (χ0) is 26.5. The molecule has 2 aliphatic heterocycles. The number of rotatable bonds is 5. The molecular weight excluding hydrogens is 480 g/mol. The molecule has 0 aromatic heterocycles. The molecule has 3 atom stereocenters. The fourth-order valence-electron chi connectivity index (χ4n) is 5.11. The second-order valence-corrected chi connectivity index (χ2v) is 9.85. The maximum Gasteiger partial charge on any atom is 0.311 e. The first-order chi connectivity index (χ1) is 18.4. The van der Waals surface area contributed by atoms with Crippen LogP contribution in [0.15, 0.2) is 84.9 Å². The van der Waals surface area contributed by atoms with Crippen LogP contribution in [0.3, 0.4) is 0 Å². The lowest BCUT2D eigenvalue weighted by Gasteiger charge is -2.41. The molecule has 3 aromatic rings. The van der Waals surface area contributed by atoms with Gasteiger partial charge in [0.1, 0.15) is 11.5 Å². The van der Waals surface area contributed by atoms with Gasteiger partial charge in [-0.1, -0.05) is 72.8 Å². The Hall–Kier alpha value is -4.00. The standard InChI is InChI=1S/C32H30O6/c33-28(15-14-22-8-3-1-4-9-22)27-19-26-24-18-25(12-7-13-31(35)37-30(26)20-29(27)34)38-32(36,21-24)17-16-23-10-5-2-6-11-23/h1-6,8-11,14-17,19-20,24-25,34,36H,7,12-13,18,21H2/b15-14+,17-16+/t24-,25-,32-/m1/s1. The van der Waals surface area contributed by atoms with Crippen LogP contribution in [0.2, 0.25) is 0 Å². The average Bonchev–Trinajstić information content (AvgIpc) is 2.91. The molecular formula is C32H30O6. The molecule has 2 N–H and O–H groups in total. The van der Waals surface area contributed by atoms with Gasteiger partial charge in [-0.15, -0.1) is 0 Å². The molecule has 1 saturated heterocycles. The number of carbonyl (C=O) groups is 2. The molecule has 38 heavy (non-hydrogen) atoms. The number of ketones is 1. The summed E-state index contributed by atoms with van der Waals surface area (Å²) in [7, 11) is 0. The van der Waals surface area contributed by atoms with E-state index in [-0.39, 0.29) is 47.7 Å². The van der Waals surface area contributed by atoms with Crippen molar-refractivity contribution in [3.8, 4) is 11.5 Å². The minimum Gasteiger partial charge on any atom is -0.507 e. The van der Waals surface area contributed by atoms with E-state index in [1.165, 1.54) is 12.1 Å². The van der Waals surface area contributed by atoms with E-state index in [0.717, 1.165) is 11.1 Å². The predicted molar refractivity (Wildman–Crippen MR) is 145 cm³/mol. The van der Waals surface area contributed by atoms with E-state index in [9.17, 15) is 19.8 Å². The third-order valence-corrected chi connectivity index (χ3v) is 6.98. The predicted octanol–water partition coefficient (Wildman–Crippen LogP) is 6.04. The van der Waals surface area contributed by atoms with Crippen molar-refractivity contribution in [3.05, 3.63) is 107 Å². The molecule has 0 amide bonds. The number of ether oxygens (including phenoxy) is 2. The summed E-state index contributed by atoms with van der Waals surface area (Å²) in [5.41, 5.74) is 2.49. The molecule has 5 rings (SSSR count). The van der Waals surface area contributed by atoms with Crippen LogP contribution in [0.1, 0.15) is 65.1 Å². The van der Waals surface area contributed by atoms with E-state index in [1.807, 2.05) is 66.7 Å². The van der Waals surface area contributed by atoms with E-state index >= 15 is 0 Å². The summed E-state index contributed by atoms with van der Waals surface area (Å²) in [6.07, 6.45) is 8.41. The highest BCUT2D eigenvalue weighted by atomic mass is 16.6. The number of allylic oxidation sites excluding steroid dienone is 1. The topological polar surface area (TPSA) is 93.1 Å². The van der Waals surface area contributed by atoms with Gasteiger partial charge in [0.25, 0.3) is 0 Å². The lowest BCUT2D eigenvalue weighted by molar-refractivity contribution is -0.227. The Morgan fingerprint density at radius 2 is 1.66 bits per heavy atom. The van der Waals surface area contributed by atoms with Crippen molar-refractivity contribution in [2.45, 2.75) is 49.9 Å². The minimum atomic E-state index is -1.54. The number of aromatic hydroxyl groups is 1. The average molecular weight is 511 g/mol. The number of phenolic OH excluding ortho intramolecular Hbond substituents is 1. The van der Waals surface area contributed by atoms with Gasteiger partial charge in [0.2, 0.25) is 0 Å². The molecule has 6 heteroatoms. The lowest BCUT2D eigenvalue weighted by atomic mass is 9.81. The highest BCUT2D eigenvalue weighted by molar-refractivity contribution is 6.09. The number of carbonyl (C=O) groups excluding carboxylic acids is 2. The Balaban J connectivity index is 1.50. The number of benzene rings is 3. The molecule has 0 saturated carbocycles. The third kappa shape index (κ3) is 6.10. The molecule has 2 heterocycles. The van der Waals surface area contributed by atoms with Gasteiger partial charge >= 0.3 is 5.97 Å². The summed E-state index contributed by atoms with van der Waals surface area (Å²) in [5.74, 6) is -2.66. The zero-order valence-corrected chi connectivity index (χ0v) is 21.0. The largest absolute Gasteiger partial charge is 0.507 e. The monoisotopic (exact) mass is 510 g/mol. The number of hydrogen-bond donors (Lipinski definition) is 2. The molecule has 1 fully saturated rings. The number of esters is 1. The molecule has 0 radical (unpaired) electrons. The van der Waals surface area contributed by atoms with E-state index < -0.39 is 11.8 Å². The van der Waals surface area contributed by atoms with Crippen LogP contribution in [0.25, 0.3) is 12.2 Å². The lowest BCUT2D eigenvalue weighted by Crippen LogP contribution is -2.42. The number of phenols is 1. The highest BCUT2D eigenvalue weighted by Gasteiger charge is 2.40. The summed E-state index contributed by atoms with van der Waals surface area (Å²) in [4.78, 5) is 25.6. The fraction of sp³-hybridized carbons (Fsp3) is 0.250. The van der Waals surface area contributed by atoms with Crippen molar-refractivity contribution in [1.82, 2.24) is 0 Å². The van der Waals surface area contributed by atoms with E-state index in [2.05, 4.69) is 0 Å². The normalized spacial score (nSPS) is 23.7. The smallest absolute Gasteiger partial charge is 0.311 e. The van der Waals surface area contributed by atoms with Crippen LogP contribution in [0.5, 0.6) is 11.5 Å². The maximum atomic E-state index is 13.1. The SMILES string of the molecule is O=C1CCC[C@@H]2C[C@H](C[C@@](O)(/C=C/c3ccccc3)O2)c2cc(C(=O)/C=C/c3ccccc3)c(O)cc2O1. The third-order valence-electron chi connectivity index (χ3n) is 6.98. The molecule has 2 aliphatic rings. The van der Waals surface area contributed by atoms with Crippen LogP contribution < -0.4 is 4.74 Å². The molecule has 3 aromatic carbocycles. The molecule has 0 aliphatic carbocycles. The maximum absolute atomic E-state index is 13.1. The zero-order valence-electron chi connectivity index (χ0n) is 21.0. The summed E-state index contributed by atoms with van der Waals surface area (Å²) in [5, 5.41) is 22.2. The van der Waals surface area contributed by atoms with Gasteiger partial charge in [-0.05, 0) is 60.1 Å². The van der Waals surface area contributed by atoms with Gasteiger partial charge in [0.05, 0.1) is 11.7 Å². The van der Waals surface area contributed by atoms with Gasteiger partial charge in [0.15, 0.2) is 11.6 Å². The van der Waals surface area contributed by atoms with Crippen LogP contribution in [-0.4, -0.2) is 33.9 Å². The molecule has 2 bridgehead atoms. The summed E-state index contributed by atoms with van der Waals surface area (Å²) < 4.78 is 11.8. The van der Waals surface area contributed by atoms with Gasteiger partial charge in [-0.3, -0.25) is 9.59 Å². The van der Waals surface area contributed by atoms with Gasteiger partial charge < -0.3 is 19.7 Å². The van der Waals surface area contributed by atoms with Crippen molar-refractivity contribution in [2.24, 2.45) is 0 Å². The molecule has 0 spiro atoms. The van der Waals surface area contributed by atoms with Gasteiger partial charge in [0, 0.05) is 18.9 Å². The first-order valence-corrected chi connectivity index (χ1v) is 12.9. The highest BCUT2D eigenvalue weighted by Crippen LogP contribution is 2.45. The van der Waals surface area contributed by atoms with Crippen LogP contribution >= 0.6 is 0 Å². The van der Waals surface area contributed by atoms with E-state index in [0.29, 0.717) is 24.8 Å². The van der Waals surface area contributed by atoms with E-state index in [4.69, 9.17) is 9.47 Å². The van der Waals surface area contributed by atoms with Crippen LogP contribution in [-0.2, 0) is 9.53 Å².